The molecule has 0 radical (unpaired) electrons. The molecule has 1 saturated heterocycles. The summed E-state index contributed by atoms with van der Waals surface area (Å²) in [6.07, 6.45) is -8.14. The molecule has 0 N–H and O–H groups in total. The topological polar surface area (TPSA) is 73.0 Å². The first-order valence-corrected chi connectivity index (χ1v) is 9.78. The Morgan fingerprint density at radius 3 is 2.45 bits per heavy atom. The number of hydrogen-bond donors (Lipinski definition) is 0. The zero-order chi connectivity index (χ0) is 22.5. The number of fused-ring (bicyclic) bond motifs is 1. The van der Waals surface area contributed by atoms with Gasteiger partial charge in [0.2, 0.25) is 5.91 Å². The van der Waals surface area contributed by atoms with E-state index in [2.05, 4.69) is 10.1 Å². The molecule has 0 aromatic carbocycles. The fourth-order valence-corrected chi connectivity index (χ4v) is 4.04. The minimum Gasteiger partial charge on any atom is -0.335 e. The van der Waals surface area contributed by atoms with Crippen LogP contribution in [0.2, 0.25) is 0 Å². The fourth-order valence-electron chi connectivity index (χ4n) is 4.04. The second-order valence-corrected chi connectivity index (χ2v) is 8.00. The van der Waals surface area contributed by atoms with Crippen LogP contribution in [0.3, 0.4) is 0 Å². The third-order valence-corrected chi connectivity index (χ3v) is 5.74. The molecule has 2 aromatic rings. The van der Waals surface area contributed by atoms with Gasteiger partial charge in [-0.3, -0.25) is 14.3 Å². The lowest BCUT2D eigenvalue weighted by molar-refractivity contribution is -0.183. The zero-order valence-electron chi connectivity index (χ0n) is 16.5. The van der Waals surface area contributed by atoms with Crippen molar-refractivity contribution < 1.29 is 26.7 Å². The second-order valence-electron chi connectivity index (χ2n) is 8.00. The molecule has 2 aliphatic rings. The number of nitrogens with zero attached hydrogens (tertiary/aromatic N) is 5. The monoisotopic (exact) mass is 445 g/mol. The molecule has 0 aliphatic carbocycles. The second kappa shape index (κ2) is 7.72. The van der Waals surface area contributed by atoms with Gasteiger partial charge in [-0.1, -0.05) is 6.07 Å². The van der Waals surface area contributed by atoms with Gasteiger partial charge in [-0.15, -0.1) is 0 Å². The molecule has 2 aliphatic heterocycles. The summed E-state index contributed by atoms with van der Waals surface area (Å²) in [5.74, 6) is -2.98. The molecule has 0 spiro atoms. The van der Waals surface area contributed by atoms with E-state index < -0.39 is 68.0 Å². The van der Waals surface area contributed by atoms with E-state index in [1.54, 1.807) is 19.1 Å². The van der Waals surface area contributed by atoms with Crippen LogP contribution in [0, 0.1) is 12.8 Å². The van der Waals surface area contributed by atoms with Crippen molar-refractivity contribution in [2.75, 3.05) is 13.1 Å². The van der Waals surface area contributed by atoms with Crippen molar-refractivity contribution in [2.45, 2.75) is 50.9 Å². The molecule has 168 valence electrons. The number of hydrogen-bond acceptors (Lipinski definition) is 4. The summed E-state index contributed by atoms with van der Waals surface area (Å²) in [5, 5.41) is 4.04. The maximum Gasteiger partial charge on any atom is 0.392 e. The van der Waals surface area contributed by atoms with E-state index in [0.717, 1.165) is 19.8 Å². The molecule has 4 rings (SSSR count). The van der Waals surface area contributed by atoms with E-state index in [1.807, 2.05) is 0 Å². The molecule has 2 unspecified atom stereocenters. The van der Waals surface area contributed by atoms with Crippen LogP contribution in [0.4, 0.5) is 22.0 Å². The first-order chi connectivity index (χ1) is 14.5. The number of likely N-dealkylation sites (tertiary alicyclic amines) is 1. The maximum absolute atomic E-state index is 13.6. The quantitative estimate of drug-likeness (QED) is 0.678. The standard InChI is InChI=1S/C19H20F5N5O2/c1-10-2-3-11(6-25-10)7-28-18(31)29-15(17(30)27-8-13(20)14(21)9-27)4-12(19(22,23)24)5-16(29)26-28/h2-3,6,12-15H,4-5,7-9H2,1H3/t12?,13-,14+,15?. The summed E-state index contributed by atoms with van der Waals surface area (Å²) < 4.78 is 69.5. The molecule has 1 amide bonds. The molecule has 4 atom stereocenters. The van der Waals surface area contributed by atoms with Crippen molar-refractivity contribution in [1.82, 2.24) is 24.2 Å². The third kappa shape index (κ3) is 4.07. The van der Waals surface area contributed by atoms with Gasteiger partial charge >= 0.3 is 11.9 Å². The summed E-state index contributed by atoms with van der Waals surface area (Å²) in [6.45, 7) is 0.633. The fraction of sp³-hybridized carbons (Fsp3) is 0.579. The van der Waals surface area contributed by atoms with Gasteiger partial charge in [0, 0.05) is 18.3 Å². The number of amides is 1. The van der Waals surface area contributed by atoms with E-state index in [1.165, 1.54) is 6.20 Å². The number of pyridine rings is 1. The van der Waals surface area contributed by atoms with Gasteiger partial charge in [0.1, 0.15) is 11.9 Å². The average molecular weight is 445 g/mol. The summed E-state index contributed by atoms with van der Waals surface area (Å²) in [4.78, 5) is 30.8. The van der Waals surface area contributed by atoms with Crippen molar-refractivity contribution in [3.05, 3.63) is 45.9 Å². The van der Waals surface area contributed by atoms with E-state index in [9.17, 15) is 31.5 Å². The average Bonchev–Trinajstić information content (AvgIpc) is 3.21. The van der Waals surface area contributed by atoms with Gasteiger partial charge in [0.05, 0.1) is 25.6 Å². The number of alkyl halides is 5. The SMILES string of the molecule is Cc1ccc(Cn2nc3n(c2=O)C(C(=O)N2C[C@@H](F)[C@@H](F)C2)CC(C(F)(F)F)C3)cn1. The number of rotatable bonds is 3. The van der Waals surface area contributed by atoms with Crippen LogP contribution in [-0.4, -0.2) is 61.7 Å². The predicted molar refractivity (Wildman–Crippen MR) is 97.8 cm³/mol. The van der Waals surface area contributed by atoms with Gasteiger partial charge < -0.3 is 4.90 Å². The lowest BCUT2D eigenvalue weighted by Crippen LogP contribution is -2.45. The minimum absolute atomic E-state index is 0.0352. The van der Waals surface area contributed by atoms with Crippen molar-refractivity contribution >= 4 is 5.91 Å². The first kappa shape index (κ1) is 21.4. The largest absolute Gasteiger partial charge is 0.392 e. The highest BCUT2D eigenvalue weighted by molar-refractivity contribution is 5.81. The van der Waals surface area contributed by atoms with Gasteiger partial charge in [-0.2, -0.15) is 18.3 Å². The molecular weight excluding hydrogens is 425 g/mol. The normalized spacial score (nSPS) is 26.2. The van der Waals surface area contributed by atoms with Crippen molar-refractivity contribution in [2.24, 2.45) is 5.92 Å². The van der Waals surface area contributed by atoms with E-state index in [-0.39, 0.29) is 12.4 Å². The van der Waals surface area contributed by atoms with Crippen LogP contribution in [-0.2, 0) is 17.8 Å². The summed E-state index contributed by atoms with van der Waals surface area (Å²) >= 11 is 0. The van der Waals surface area contributed by atoms with Crippen LogP contribution >= 0.6 is 0 Å². The lowest BCUT2D eigenvalue weighted by atomic mass is 9.91. The highest BCUT2D eigenvalue weighted by Gasteiger charge is 2.49. The molecule has 4 heterocycles. The van der Waals surface area contributed by atoms with Crippen molar-refractivity contribution in [1.29, 1.82) is 0 Å². The van der Waals surface area contributed by atoms with Crippen molar-refractivity contribution in [3.63, 3.8) is 0 Å². The number of halogens is 5. The van der Waals surface area contributed by atoms with E-state index >= 15 is 0 Å². The molecular formula is C19H20F5N5O2. The van der Waals surface area contributed by atoms with E-state index in [4.69, 9.17) is 0 Å². The van der Waals surface area contributed by atoms with Crippen LogP contribution in [0.1, 0.15) is 29.5 Å². The maximum atomic E-state index is 13.6. The van der Waals surface area contributed by atoms with Gasteiger partial charge in [0.25, 0.3) is 0 Å². The highest BCUT2D eigenvalue weighted by atomic mass is 19.4. The Hall–Kier alpha value is -2.79. The molecule has 0 saturated carbocycles. The van der Waals surface area contributed by atoms with E-state index in [0.29, 0.717) is 5.56 Å². The third-order valence-electron chi connectivity index (χ3n) is 5.74. The van der Waals surface area contributed by atoms with Crippen LogP contribution in [0.15, 0.2) is 23.1 Å². The zero-order valence-corrected chi connectivity index (χ0v) is 16.5. The van der Waals surface area contributed by atoms with Gasteiger partial charge in [0.15, 0.2) is 12.3 Å². The number of carbonyl (C=O) groups is 1. The summed E-state index contributed by atoms with van der Waals surface area (Å²) in [5.41, 5.74) is 0.614. The highest BCUT2D eigenvalue weighted by Crippen LogP contribution is 2.39. The molecule has 7 nitrogen and oxygen atoms in total. The summed E-state index contributed by atoms with van der Waals surface area (Å²) in [7, 11) is 0. The molecule has 2 aromatic heterocycles. The van der Waals surface area contributed by atoms with Crippen molar-refractivity contribution in [3.8, 4) is 0 Å². The number of aryl methyl sites for hydroxylation is 1. The Labute approximate surface area is 173 Å². The predicted octanol–water partition coefficient (Wildman–Crippen LogP) is 1.98. The number of carbonyl (C=O) groups excluding carboxylic acids is 1. The van der Waals surface area contributed by atoms with Crippen LogP contribution in [0.5, 0.6) is 0 Å². The Morgan fingerprint density at radius 2 is 1.87 bits per heavy atom. The molecule has 31 heavy (non-hydrogen) atoms. The molecule has 0 bridgehead atoms. The van der Waals surface area contributed by atoms with Crippen LogP contribution in [0.25, 0.3) is 0 Å². The minimum atomic E-state index is -4.61. The summed E-state index contributed by atoms with van der Waals surface area (Å²) in [6, 6.07) is 1.91. The Morgan fingerprint density at radius 1 is 1.19 bits per heavy atom. The Balaban J connectivity index is 1.69. The Kier molecular flexibility index (Phi) is 5.34. The molecule has 12 heteroatoms. The smallest absolute Gasteiger partial charge is 0.335 e. The first-order valence-electron chi connectivity index (χ1n) is 9.78. The van der Waals surface area contributed by atoms with Crippen LogP contribution < -0.4 is 5.69 Å². The van der Waals surface area contributed by atoms with Gasteiger partial charge in [-0.25, -0.2) is 18.3 Å². The van der Waals surface area contributed by atoms with Gasteiger partial charge in [-0.05, 0) is 25.0 Å². The number of aromatic nitrogens is 4. The molecule has 1 fully saturated rings. The lowest BCUT2D eigenvalue weighted by Gasteiger charge is -2.32. The Bertz CT molecular complexity index is 1020.